The van der Waals surface area contributed by atoms with Crippen molar-refractivity contribution in [1.82, 2.24) is 15.0 Å². The van der Waals surface area contributed by atoms with E-state index in [0.717, 1.165) is 17.7 Å². The second-order valence-electron chi connectivity index (χ2n) is 6.56. The largest absolute Gasteiger partial charge is 0.573 e. The minimum absolute atomic E-state index is 0.107. The number of aromatic nitrogens is 3. The Morgan fingerprint density at radius 1 is 1.19 bits per heavy atom. The van der Waals surface area contributed by atoms with E-state index < -0.39 is 27.7 Å². The van der Waals surface area contributed by atoms with E-state index in [-0.39, 0.29) is 22.1 Å². The fourth-order valence-electron chi connectivity index (χ4n) is 2.84. The molecule has 12 heteroatoms. The maximum Gasteiger partial charge on any atom is 0.573 e. The van der Waals surface area contributed by atoms with Gasteiger partial charge in [0.1, 0.15) is 5.75 Å². The number of hydrogen-bond acceptors (Lipinski definition) is 5. The maximum absolute atomic E-state index is 13.0. The molecule has 0 bridgehead atoms. The molecule has 1 atom stereocenters. The van der Waals surface area contributed by atoms with Crippen LogP contribution in [0.25, 0.3) is 5.69 Å². The molecule has 0 saturated carbocycles. The SMILES string of the molecule is Cc1ccccc1S(C)(=O)=NC(=O)c1nnn(-c2ccc(OC(F)(F)F)cc2Cl)c1C. The van der Waals surface area contributed by atoms with Crippen LogP contribution in [0.3, 0.4) is 0 Å². The molecule has 0 fully saturated rings. The third-order valence-corrected chi connectivity index (χ3v) is 6.33. The first-order chi connectivity index (χ1) is 14.4. The average molecular weight is 473 g/mol. The first kappa shape index (κ1) is 22.8. The number of benzene rings is 2. The Labute approximate surface area is 181 Å². The van der Waals surface area contributed by atoms with Crippen LogP contribution in [-0.4, -0.2) is 37.7 Å². The summed E-state index contributed by atoms with van der Waals surface area (Å²) in [7, 11) is -3.04. The molecule has 0 N–H and O–H groups in total. The molecule has 31 heavy (non-hydrogen) atoms. The first-order valence-corrected chi connectivity index (χ1v) is 11.0. The molecular formula is C19H16ClF3N4O3S. The molecule has 0 aliphatic rings. The molecule has 2 aromatic carbocycles. The van der Waals surface area contributed by atoms with E-state index in [0.29, 0.717) is 4.90 Å². The predicted molar refractivity (Wildman–Crippen MR) is 108 cm³/mol. The minimum Gasteiger partial charge on any atom is -0.406 e. The molecule has 3 rings (SSSR count). The van der Waals surface area contributed by atoms with Gasteiger partial charge in [-0.05, 0) is 37.6 Å². The van der Waals surface area contributed by atoms with Crippen LogP contribution < -0.4 is 4.74 Å². The van der Waals surface area contributed by atoms with Crippen LogP contribution in [0.5, 0.6) is 5.75 Å². The van der Waals surface area contributed by atoms with Crippen LogP contribution >= 0.6 is 11.6 Å². The van der Waals surface area contributed by atoms with Gasteiger partial charge in [-0.1, -0.05) is 35.0 Å². The minimum atomic E-state index is -4.86. The molecule has 0 saturated heterocycles. The van der Waals surface area contributed by atoms with Crippen LogP contribution in [0.15, 0.2) is 51.7 Å². The number of alkyl halides is 3. The van der Waals surface area contributed by atoms with Gasteiger partial charge in [-0.25, -0.2) is 8.89 Å². The van der Waals surface area contributed by atoms with Gasteiger partial charge in [-0.2, -0.15) is 4.36 Å². The number of aryl methyl sites for hydroxylation is 1. The van der Waals surface area contributed by atoms with E-state index in [9.17, 15) is 22.2 Å². The van der Waals surface area contributed by atoms with Crippen LogP contribution in [0.2, 0.25) is 5.02 Å². The number of carbonyl (C=O) groups excluding carboxylic acids is 1. The molecule has 1 aromatic heterocycles. The van der Waals surface area contributed by atoms with Crippen LogP contribution in [0.4, 0.5) is 13.2 Å². The molecule has 0 spiro atoms. The molecule has 1 amide bonds. The Bertz CT molecular complexity index is 1280. The summed E-state index contributed by atoms with van der Waals surface area (Å²) >= 11 is 6.07. The van der Waals surface area contributed by atoms with Gasteiger partial charge < -0.3 is 4.74 Å². The number of amides is 1. The highest BCUT2D eigenvalue weighted by Gasteiger charge is 2.31. The summed E-state index contributed by atoms with van der Waals surface area (Å²) in [5, 5.41) is 7.52. The molecule has 164 valence electrons. The fourth-order valence-corrected chi connectivity index (χ4v) is 4.59. The lowest BCUT2D eigenvalue weighted by Gasteiger charge is -2.11. The van der Waals surface area contributed by atoms with E-state index in [2.05, 4.69) is 19.4 Å². The van der Waals surface area contributed by atoms with E-state index in [1.54, 1.807) is 31.2 Å². The standard InChI is InChI=1S/C19H16ClF3N4O3S/c1-11-6-4-5-7-16(11)31(3,29)25-18(28)17-12(2)27(26-24-17)15-9-8-13(10-14(15)20)30-19(21,22)23/h4-10H,1-3H3. The zero-order valence-electron chi connectivity index (χ0n) is 16.5. The zero-order chi connectivity index (χ0) is 23.0. The van der Waals surface area contributed by atoms with Gasteiger partial charge in [-0.15, -0.1) is 18.3 Å². The lowest BCUT2D eigenvalue weighted by Crippen LogP contribution is -2.17. The lowest BCUT2D eigenvalue weighted by molar-refractivity contribution is -0.274. The molecule has 0 radical (unpaired) electrons. The van der Waals surface area contributed by atoms with Gasteiger partial charge in [0.25, 0.3) is 0 Å². The van der Waals surface area contributed by atoms with Gasteiger partial charge >= 0.3 is 12.3 Å². The highest BCUT2D eigenvalue weighted by atomic mass is 35.5. The Balaban J connectivity index is 1.96. The zero-order valence-corrected chi connectivity index (χ0v) is 18.0. The number of rotatable bonds is 4. The van der Waals surface area contributed by atoms with E-state index in [1.807, 2.05) is 0 Å². The predicted octanol–water partition coefficient (Wildman–Crippen LogP) is 4.73. The molecule has 3 aromatic rings. The summed E-state index contributed by atoms with van der Waals surface area (Å²) in [6, 6.07) is 10.1. The molecule has 1 heterocycles. The summed E-state index contributed by atoms with van der Waals surface area (Å²) < 4.78 is 59.0. The van der Waals surface area contributed by atoms with Gasteiger partial charge in [0.15, 0.2) is 5.69 Å². The van der Waals surface area contributed by atoms with Crippen molar-refractivity contribution in [2.45, 2.75) is 25.1 Å². The van der Waals surface area contributed by atoms with Crippen molar-refractivity contribution in [1.29, 1.82) is 0 Å². The van der Waals surface area contributed by atoms with Crippen molar-refractivity contribution in [2.24, 2.45) is 4.36 Å². The summed E-state index contributed by atoms with van der Waals surface area (Å²) in [5.41, 5.74) is 0.964. The molecule has 0 aliphatic heterocycles. The Morgan fingerprint density at radius 2 is 1.87 bits per heavy atom. The number of nitrogens with zero attached hydrogens (tertiary/aromatic N) is 4. The van der Waals surface area contributed by atoms with Gasteiger partial charge in [0.05, 0.1) is 31.0 Å². The van der Waals surface area contributed by atoms with Crippen LogP contribution in [0, 0.1) is 13.8 Å². The summed E-state index contributed by atoms with van der Waals surface area (Å²) in [5.74, 6) is -1.35. The molecule has 0 aliphatic carbocycles. The second-order valence-corrected chi connectivity index (χ2v) is 9.20. The van der Waals surface area contributed by atoms with E-state index in [1.165, 1.54) is 23.9 Å². The van der Waals surface area contributed by atoms with Crippen molar-refractivity contribution < 1.29 is 26.9 Å². The van der Waals surface area contributed by atoms with Crippen molar-refractivity contribution in [3.63, 3.8) is 0 Å². The average Bonchev–Trinajstić information content (AvgIpc) is 3.02. The smallest absolute Gasteiger partial charge is 0.406 e. The second kappa shape index (κ2) is 8.31. The fraction of sp³-hybridized carbons (Fsp3) is 0.211. The number of carbonyl (C=O) groups is 1. The third-order valence-electron chi connectivity index (χ3n) is 4.24. The number of hydrogen-bond donors (Lipinski definition) is 0. The summed E-state index contributed by atoms with van der Waals surface area (Å²) in [6.45, 7) is 3.26. The summed E-state index contributed by atoms with van der Waals surface area (Å²) in [6.07, 6.45) is -3.51. The Morgan fingerprint density at radius 3 is 2.48 bits per heavy atom. The topological polar surface area (TPSA) is 86.4 Å². The number of ether oxygens (including phenoxy) is 1. The van der Waals surface area contributed by atoms with Gasteiger partial charge in [0, 0.05) is 12.3 Å². The quantitative estimate of drug-likeness (QED) is 0.547. The van der Waals surface area contributed by atoms with Crippen molar-refractivity contribution in [3.05, 3.63) is 64.4 Å². The molecule has 1 unspecified atom stereocenters. The van der Waals surface area contributed by atoms with E-state index >= 15 is 0 Å². The molecular weight excluding hydrogens is 457 g/mol. The molecule has 7 nitrogen and oxygen atoms in total. The Hall–Kier alpha value is -2.92. The summed E-state index contributed by atoms with van der Waals surface area (Å²) in [4.78, 5) is 13.1. The van der Waals surface area contributed by atoms with Crippen LogP contribution in [0.1, 0.15) is 21.7 Å². The Kier molecular flexibility index (Phi) is 6.10. The van der Waals surface area contributed by atoms with Crippen molar-refractivity contribution in [2.75, 3.05) is 6.26 Å². The monoisotopic (exact) mass is 472 g/mol. The third kappa shape index (κ3) is 5.05. The van der Waals surface area contributed by atoms with Gasteiger partial charge in [0.2, 0.25) is 0 Å². The first-order valence-electron chi connectivity index (χ1n) is 8.69. The normalized spacial score (nSPS) is 13.5. The highest BCUT2D eigenvalue weighted by Crippen LogP contribution is 2.30. The van der Waals surface area contributed by atoms with Crippen molar-refractivity contribution in [3.8, 4) is 11.4 Å². The number of halogens is 4. The van der Waals surface area contributed by atoms with Crippen molar-refractivity contribution >= 4 is 27.2 Å². The van der Waals surface area contributed by atoms with Gasteiger partial charge in [-0.3, -0.25) is 4.79 Å². The van der Waals surface area contributed by atoms with Crippen LogP contribution in [-0.2, 0) is 9.73 Å². The van der Waals surface area contributed by atoms with E-state index in [4.69, 9.17) is 11.6 Å². The lowest BCUT2D eigenvalue weighted by atomic mass is 10.2. The highest BCUT2D eigenvalue weighted by molar-refractivity contribution is 7.93. The maximum atomic E-state index is 13.0.